The summed E-state index contributed by atoms with van der Waals surface area (Å²) in [6.45, 7) is 26.9. The van der Waals surface area contributed by atoms with E-state index in [4.69, 9.17) is 7.53 Å². The van der Waals surface area contributed by atoms with Crippen LogP contribution in [-0.2, 0) is 10.8 Å². The molecule has 0 N–H and O–H groups in total. The van der Waals surface area contributed by atoms with Gasteiger partial charge in [0, 0.05) is 0 Å². The summed E-state index contributed by atoms with van der Waals surface area (Å²) in [6, 6.07) is 13.7. The minimum absolute atomic E-state index is 0.0159. The summed E-state index contributed by atoms with van der Waals surface area (Å²) >= 11 is -3.83. The molecule has 0 unspecified atom stereocenters. The van der Waals surface area contributed by atoms with Crippen molar-refractivity contribution in [3.63, 3.8) is 0 Å². The van der Waals surface area contributed by atoms with E-state index < -0.39 is 13.9 Å². The minimum atomic E-state index is -3.83. The van der Waals surface area contributed by atoms with E-state index in [2.05, 4.69) is 119 Å². The Hall–Kier alpha value is -2.20. The van der Waals surface area contributed by atoms with E-state index in [9.17, 15) is 0 Å². The van der Waals surface area contributed by atoms with Gasteiger partial charge in [-0.25, -0.2) is 0 Å². The van der Waals surface area contributed by atoms with Crippen molar-refractivity contribution in [3.05, 3.63) is 80.9 Å². The van der Waals surface area contributed by atoms with Gasteiger partial charge in [-0.1, -0.05) is 0 Å². The van der Waals surface area contributed by atoms with Crippen LogP contribution in [0.5, 0.6) is 11.5 Å². The zero-order valence-electron chi connectivity index (χ0n) is 23.8. The van der Waals surface area contributed by atoms with E-state index in [1.54, 1.807) is 0 Å². The first-order valence-electron chi connectivity index (χ1n) is 12.8. The Kier molecular flexibility index (Phi) is 6.24. The number of benzene rings is 3. The van der Waals surface area contributed by atoms with Gasteiger partial charge in [-0.3, -0.25) is 0 Å². The maximum atomic E-state index is 7.36. The van der Waals surface area contributed by atoms with Crippen molar-refractivity contribution in [2.75, 3.05) is 0 Å². The summed E-state index contributed by atoms with van der Waals surface area (Å²) in [6.07, 6.45) is 0. The number of fused-ring (bicyclic) bond motifs is 1. The van der Waals surface area contributed by atoms with Gasteiger partial charge in [-0.05, 0) is 0 Å². The van der Waals surface area contributed by atoms with Crippen molar-refractivity contribution < 1.29 is 7.53 Å². The molecule has 3 aromatic rings. The Balaban J connectivity index is 2.11. The van der Waals surface area contributed by atoms with Crippen molar-refractivity contribution in [2.24, 2.45) is 0 Å². The molecule has 1 heterocycles. The van der Waals surface area contributed by atoms with E-state index in [0.29, 0.717) is 0 Å². The van der Waals surface area contributed by atoms with Gasteiger partial charge in [-0.15, -0.1) is 0 Å². The van der Waals surface area contributed by atoms with E-state index in [1.807, 2.05) is 0 Å². The van der Waals surface area contributed by atoms with Gasteiger partial charge in [0.25, 0.3) is 0 Å². The summed E-state index contributed by atoms with van der Waals surface area (Å²) in [4.78, 5) is 0. The van der Waals surface area contributed by atoms with Crippen LogP contribution in [0, 0.1) is 41.5 Å². The molecule has 0 radical (unpaired) electrons. The average Bonchev–Trinajstić information content (AvgIpc) is 3.03. The zero-order chi connectivity index (χ0) is 26.1. The number of aryl methyl sites for hydroxylation is 6. The molecule has 0 saturated carbocycles. The molecular formula is C32H42GeO2. The van der Waals surface area contributed by atoms with Gasteiger partial charge in [0.1, 0.15) is 0 Å². The Morgan fingerprint density at radius 3 is 1.34 bits per heavy atom. The van der Waals surface area contributed by atoms with Gasteiger partial charge in [0.2, 0.25) is 0 Å². The molecule has 2 nitrogen and oxygen atoms in total. The van der Waals surface area contributed by atoms with Gasteiger partial charge in [-0.2, -0.15) is 0 Å². The predicted molar refractivity (Wildman–Crippen MR) is 151 cm³/mol. The molecule has 0 fully saturated rings. The van der Waals surface area contributed by atoms with Crippen LogP contribution in [0.25, 0.3) is 0 Å². The van der Waals surface area contributed by atoms with Gasteiger partial charge >= 0.3 is 217 Å². The Morgan fingerprint density at radius 2 is 0.971 bits per heavy atom. The molecular weight excluding hydrogens is 489 g/mol. The molecule has 4 rings (SSSR count). The van der Waals surface area contributed by atoms with Gasteiger partial charge in [0.05, 0.1) is 0 Å². The summed E-state index contributed by atoms with van der Waals surface area (Å²) in [5.74, 6) is 1.87. The fraction of sp³-hybridized carbons (Fsp3) is 0.438. The van der Waals surface area contributed by atoms with Crippen LogP contribution in [0.2, 0.25) is 0 Å². The summed E-state index contributed by atoms with van der Waals surface area (Å²) in [5, 5.41) is 0. The maximum absolute atomic E-state index is 7.36. The standard InChI is InChI=1S/C32H42GeO2/c1-19-13-21(3)28(22(4)14-19)33(29-23(5)15-20(2)16-24(29)6)34-27-18-25(31(7,8)9)17-26(30(27)35-33)32(10,11)12/h13-18H,1-12H3. The number of rotatable bonds is 2. The van der Waals surface area contributed by atoms with Crippen LogP contribution in [0.4, 0.5) is 0 Å². The molecule has 0 spiro atoms. The van der Waals surface area contributed by atoms with Gasteiger partial charge in [0.15, 0.2) is 0 Å². The average molecular weight is 531 g/mol. The second kappa shape index (κ2) is 8.44. The third kappa shape index (κ3) is 4.44. The van der Waals surface area contributed by atoms with Crippen molar-refractivity contribution in [2.45, 2.75) is 93.9 Å². The second-order valence-electron chi connectivity index (χ2n) is 12.7. The first-order chi connectivity index (χ1) is 16.0. The topological polar surface area (TPSA) is 18.5 Å². The normalized spacial score (nSPS) is 15.0. The first-order valence-corrected chi connectivity index (χ1v) is 16.6. The summed E-state index contributed by atoms with van der Waals surface area (Å²) in [5.41, 5.74) is 10.1. The molecule has 186 valence electrons. The van der Waals surface area contributed by atoms with Crippen LogP contribution in [0.15, 0.2) is 36.4 Å². The molecule has 0 amide bonds. The van der Waals surface area contributed by atoms with Crippen LogP contribution in [0.3, 0.4) is 0 Å². The fourth-order valence-corrected chi connectivity index (χ4v) is 14.3. The Labute approximate surface area is 216 Å². The summed E-state index contributed by atoms with van der Waals surface area (Å²) in [7, 11) is 0. The molecule has 1 aliphatic rings. The molecule has 0 bridgehead atoms. The Morgan fingerprint density at radius 1 is 0.543 bits per heavy atom. The third-order valence-electron chi connectivity index (χ3n) is 7.24. The van der Waals surface area contributed by atoms with E-state index in [-0.39, 0.29) is 10.8 Å². The SMILES string of the molecule is Cc1cc(C)[c]([Ge]2([c]3c(C)cc(C)cc3C)[O]c3cc(C(C)(C)C)cc(C(C)(C)C)c3[O]2)c(C)c1. The van der Waals surface area contributed by atoms with E-state index in [0.717, 1.165) is 11.5 Å². The predicted octanol–water partition coefficient (Wildman–Crippen LogP) is 7.16. The zero-order valence-corrected chi connectivity index (χ0v) is 25.9. The van der Waals surface area contributed by atoms with Crippen molar-refractivity contribution in [1.82, 2.24) is 0 Å². The van der Waals surface area contributed by atoms with Crippen LogP contribution < -0.4 is 16.3 Å². The second-order valence-corrected chi connectivity index (χ2v) is 18.3. The van der Waals surface area contributed by atoms with Crippen LogP contribution in [0.1, 0.15) is 86.1 Å². The molecule has 0 saturated heterocycles. The fourth-order valence-electron chi connectivity index (χ4n) is 5.82. The molecule has 1 aliphatic heterocycles. The monoisotopic (exact) mass is 532 g/mol. The molecule has 3 heteroatoms. The van der Waals surface area contributed by atoms with Crippen LogP contribution >= 0.6 is 0 Å². The third-order valence-corrected chi connectivity index (χ3v) is 15.4. The van der Waals surface area contributed by atoms with Crippen molar-refractivity contribution in [3.8, 4) is 11.5 Å². The molecule has 35 heavy (non-hydrogen) atoms. The van der Waals surface area contributed by atoms with Crippen LogP contribution in [-0.4, -0.2) is 13.9 Å². The number of hydrogen-bond acceptors (Lipinski definition) is 2. The molecule has 0 aliphatic carbocycles. The van der Waals surface area contributed by atoms with E-state index >= 15 is 0 Å². The van der Waals surface area contributed by atoms with E-state index in [1.165, 1.54) is 53.3 Å². The molecule has 0 aromatic heterocycles. The first kappa shape index (κ1) is 25.9. The van der Waals surface area contributed by atoms with Crippen molar-refractivity contribution in [1.29, 1.82) is 0 Å². The Bertz CT molecular complexity index is 1220. The van der Waals surface area contributed by atoms with Gasteiger partial charge < -0.3 is 0 Å². The summed E-state index contributed by atoms with van der Waals surface area (Å²) < 4.78 is 17.2. The molecule has 0 atom stereocenters. The van der Waals surface area contributed by atoms with Crippen molar-refractivity contribution >= 4 is 22.7 Å². The number of hydrogen-bond donors (Lipinski definition) is 0. The quantitative estimate of drug-likeness (QED) is 0.327. The molecule has 3 aromatic carbocycles.